The molecule has 0 aromatic heterocycles. The molecule has 1 rings (SSSR count). The second kappa shape index (κ2) is 8.87. The van der Waals surface area contributed by atoms with E-state index in [1.165, 1.54) is 0 Å². The Kier molecular flexibility index (Phi) is 7.87. The average molecular weight is 274 g/mol. The molecule has 19 heavy (non-hydrogen) atoms. The summed E-state index contributed by atoms with van der Waals surface area (Å²) in [5.74, 6) is 0. The van der Waals surface area contributed by atoms with E-state index in [0.29, 0.717) is 25.7 Å². The molecule has 5 heteroatoms. The maximum absolute atomic E-state index is 9.99. The lowest BCUT2D eigenvalue weighted by atomic mass is 10.2. The van der Waals surface area contributed by atoms with Crippen molar-refractivity contribution in [3.8, 4) is 0 Å². The summed E-state index contributed by atoms with van der Waals surface area (Å²) in [5.41, 5.74) is 0. The molecule has 1 aliphatic rings. The first-order valence-corrected chi connectivity index (χ1v) is 7.35. The number of rotatable bonds is 9. The molecule has 0 aromatic rings. The smallest absolute Gasteiger partial charge is 0.0900 e. The fraction of sp³-hybridized carbons (Fsp3) is 1.00. The molecule has 5 nitrogen and oxygen atoms in total. The van der Waals surface area contributed by atoms with Crippen molar-refractivity contribution in [2.24, 2.45) is 0 Å². The van der Waals surface area contributed by atoms with Gasteiger partial charge < -0.3 is 19.8 Å². The minimum atomic E-state index is -0.466. The molecule has 0 bridgehead atoms. The van der Waals surface area contributed by atoms with E-state index in [9.17, 15) is 10.2 Å². The van der Waals surface area contributed by atoms with Crippen LogP contribution in [0.4, 0.5) is 0 Å². The van der Waals surface area contributed by atoms with Gasteiger partial charge in [-0.2, -0.15) is 0 Å². The van der Waals surface area contributed by atoms with E-state index in [-0.39, 0.29) is 6.10 Å². The van der Waals surface area contributed by atoms with Crippen molar-refractivity contribution in [3.05, 3.63) is 0 Å². The van der Waals surface area contributed by atoms with Crippen LogP contribution in [-0.2, 0) is 4.74 Å². The molecule has 0 saturated carbocycles. The molecule has 1 saturated heterocycles. The largest absolute Gasteiger partial charge is 0.392 e. The second-order valence-electron chi connectivity index (χ2n) is 5.84. The summed E-state index contributed by atoms with van der Waals surface area (Å²) in [4.78, 5) is 4.30. The van der Waals surface area contributed by atoms with Crippen molar-refractivity contribution in [1.29, 1.82) is 0 Å². The molecule has 0 radical (unpaired) electrons. The van der Waals surface area contributed by atoms with Gasteiger partial charge in [0.15, 0.2) is 0 Å². The second-order valence-corrected chi connectivity index (χ2v) is 5.84. The van der Waals surface area contributed by atoms with E-state index in [4.69, 9.17) is 4.74 Å². The van der Waals surface area contributed by atoms with Gasteiger partial charge in [0.1, 0.15) is 0 Å². The zero-order valence-electron chi connectivity index (χ0n) is 12.6. The number of likely N-dealkylation sites (tertiary alicyclic amines) is 1. The van der Waals surface area contributed by atoms with E-state index in [1.54, 1.807) is 0 Å². The van der Waals surface area contributed by atoms with E-state index in [2.05, 4.69) is 16.7 Å². The number of aliphatic hydroxyl groups excluding tert-OH is 2. The molecule has 1 fully saturated rings. The number of likely N-dealkylation sites (N-methyl/N-ethyl adjacent to an activating group) is 1. The number of nitrogens with zero attached hydrogens (tertiary/aromatic N) is 2. The van der Waals surface area contributed by atoms with Gasteiger partial charge in [0.25, 0.3) is 0 Å². The molecule has 114 valence electrons. The minimum absolute atomic E-state index is 0.266. The van der Waals surface area contributed by atoms with Crippen LogP contribution in [0.3, 0.4) is 0 Å². The third-order valence-corrected chi connectivity index (χ3v) is 3.48. The van der Waals surface area contributed by atoms with Crippen molar-refractivity contribution in [2.75, 3.05) is 46.9 Å². The maximum atomic E-state index is 9.99. The van der Waals surface area contributed by atoms with Crippen molar-refractivity contribution < 1.29 is 14.9 Å². The zero-order valence-corrected chi connectivity index (χ0v) is 12.6. The Bertz CT molecular complexity index is 239. The normalized spacial score (nSPS) is 26.2. The van der Waals surface area contributed by atoms with Crippen LogP contribution in [0.1, 0.15) is 26.2 Å². The van der Waals surface area contributed by atoms with Crippen LogP contribution in [0.25, 0.3) is 0 Å². The molecular formula is C14H30N2O3. The molecule has 0 aromatic carbocycles. The predicted molar refractivity (Wildman–Crippen MR) is 76.3 cm³/mol. The molecule has 3 atom stereocenters. The van der Waals surface area contributed by atoms with Gasteiger partial charge in [-0.05, 0) is 26.9 Å². The number of unbranched alkanes of at least 4 members (excludes halogenated alkanes) is 1. The topological polar surface area (TPSA) is 56.2 Å². The third kappa shape index (κ3) is 6.68. The highest BCUT2D eigenvalue weighted by Gasteiger charge is 2.32. The average Bonchev–Trinajstić information content (AvgIpc) is 2.64. The van der Waals surface area contributed by atoms with E-state index in [1.807, 2.05) is 14.1 Å². The Morgan fingerprint density at radius 2 is 2.16 bits per heavy atom. The van der Waals surface area contributed by atoms with Crippen LogP contribution in [0, 0.1) is 0 Å². The van der Waals surface area contributed by atoms with E-state index in [0.717, 1.165) is 32.4 Å². The van der Waals surface area contributed by atoms with Crippen LogP contribution >= 0.6 is 0 Å². The molecule has 0 amide bonds. The van der Waals surface area contributed by atoms with Gasteiger partial charge in [-0.15, -0.1) is 0 Å². The lowest BCUT2D eigenvalue weighted by molar-refractivity contribution is 0.0108. The van der Waals surface area contributed by atoms with Crippen LogP contribution in [0.15, 0.2) is 0 Å². The minimum Gasteiger partial charge on any atom is -0.392 e. The van der Waals surface area contributed by atoms with Gasteiger partial charge in [-0.25, -0.2) is 0 Å². The fourth-order valence-corrected chi connectivity index (χ4v) is 2.58. The first-order chi connectivity index (χ1) is 9.02. The SMILES string of the molecule is CCCCOCC(O)CN1CC(O)CC1CN(C)C. The predicted octanol–water partition coefficient (Wildman–Crippen LogP) is 0.161. The van der Waals surface area contributed by atoms with E-state index < -0.39 is 6.10 Å². The highest BCUT2D eigenvalue weighted by molar-refractivity contribution is 4.87. The van der Waals surface area contributed by atoms with Gasteiger partial charge >= 0.3 is 0 Å². The molecule has 0 spiro atoms. The van der Waals surface area contributed by atoms with Crippen LogP contribution < -0.4 is 0 Å². The highest BCUT2D eigenvalue weighted by atomic mass is 16.5. The van der Waals surface area contributed by atoms with Crippen molar-refractivity contribution in [3.63, 3.8) is 0 Å². The monoisotopic (exact) mass is 274 g/mol. The van der Waals surface area contributed by atoms with Gasteiger partial charge in [0, 0.05) is 32.3 Å². The van der Waals surface area contributed by atoms with Crippen LogP contribution in [0.5, 0.6) is 0 Å². The Morgan fingerprint density at radius 3 is 2.79 bits per heavy atom. The first-order valence-electron chi connectivity index (χ1n) is 7.35. The highest BCUT2D eigenvalue weighted by Crippen LogP contribution is 2.18. The number of hydrogen-bond acceptors (Lipinski definition) is 5. The Labute approximate surface area is 117 Å². The lowest BCUT2D eigenvalue weighted by Gasteiger charge is -2.28. The summed E-state index contributed by atoms with van der Waals surface area (Å²) in [7, 11) is 4.07. The Morgan fingerprint density at radius 1 is 1.42 bits per heavy atom. The van der Waals surface area contributed by atoms with Crippen LogP contribution in [-0.4, -0.2) is 85.2 Å². The summed E-state index contributed by atoms with van der Waals surface area (Å²) in [5, 5.41) is 19.8. The van der Waals surface area contributed by atoms with Crippen molar-refractivity contribution in [1.82, 2.24) is 9.80 Å². The molecular weight excluding hydrogens is 244 g/mol. The lowest BCUT2D eigenvalue weighted by Crippen LogP contribution is -2.42. The standard InChI is InChI=1S/C14H30N2O3/c1-4-5-6-19-11-14(18)10-16-9-13(17)7-12(16)8-15(2)3/h12-14,17-18H,4-11H2,1-3H3. The molecule has 0 aliphatic carbocycles. The summed E-state index contributed by atoms with van der Waals surface area (Å²) in [6, 6.07) is 0.329. The molecule has 2 N–H and O–H groups in total. The Hall–Kier alpha value is -0.200. The molecule has 3 unspecified atom stereocenters. The van der Waals surface area contributed by atoms with Gasteiger partial charge in [0.05, 0.1) is 18.8 Å². The van der Waals surface area contributed by atoms with E-state index >= 15 is 0 Å². The van der Waals surface area contributed by atoms with Gasteiger partial charge in [0.2, 0.25) is 0 Å². The van der Waals surface area contributed by atoms with Crippen molar-refractivity contribution >= 4 is 0 Å². The molecule has 1 heterocycles. The quantitative estimate of drug-likeness (QED) is 0.587. The molecule has 1 aliphatic heterocycles. The summed E-state index contributed by atoms with van der Waals surface area (Å²) in [6.07, 6.45) is 2.21. The number of aliphatic hydroxyl groups is 2. The number of β-amino-alcohol motifs (C(OH)–C–C–N with tert-alkyl or cyclic N) is 2. The summed E-state index contributed by atoms with van der Waals surface area (Å²) >= 11 is 0. The number of ether oxygens (including phenoxy) is 1. The first kappa shape index (κ1) is 16.9. The Balaban J connectivity index is 2.28. The van der Waals surface area contributed by atoms with Gasteiger partial charge in [-0.1, -0.05) is 13.3 Å². The maximum Gasteiger partial charge on any atom is 0.0900 e. The number of hydrogen-bond donors (Lipinski definition) is 2. The summed E-state index contributed by atoms with van der Waals surface area (Å²) in [6.45, 7) is 5.39. The summed E-state index contributed by atoms with van der Waals surface area (Å²) < 4.78 is 5.44. The third-order valence-electron chi connectivity index (χ3n) is 3.48. The zero-order chi connectivity index (χ0) is 14.3. The van der Waals surface area contributed by atoms with Crippen LogP contribution in [0.2, 0.25) is 0 Å². The van der Waals surface area contributed by atoms with Gasteiger partial charge in [-0.3, -0.25) is 4.90 Å². The fourth-order valence-electron chi connectivity index (χ4n) is 2.58. The van der Waals surface area contributed by atoms with Crippen molar-refractivity contribution in [2.45, 2.75) is 44.4 Å².